The maximum Gasteiger partial charge on any atom is 0.170 e. The average Bonchev–Trinajstić information content (AvgIpc) is 2.62. The molecule has 0 amide bonds. The van der Waals surface area contributed by atoms with Gasteiger partial charge in [0, 0.05) is 11.5 Å². The Balaban J connectivity index is 1.86. The van der Waals surface area contributed by atoms with Crippen molar-refractivity contribution in [1.29, 1.82) is 0 Å². The topological polar surface area (TPSA) is 35.5 Å². The standard InChI is InChI=1S/C19H18F2O3/c20-15-5-1-13(2-6-15)18(11-17-12-23-9-10-24-17)19(22)14-3-7-16(21)8-4-14/h1-8,17-18H,9-12H2. The number of carbonyl (C=O) groups is 1. The molecule has 0 N–H and O–H groups in total. The van der Waals surface area contributed by atoms with E-state index in [9.17, 15) is 13.6 Å². The average molecular weight is 332 g/mol. The van der Waals surface area contributed by atoms with E-state index in [1.165, 1.54) is 36.4 Å². The zero-order chi connectivity index (χ0) is 16.9. The Bertz CT molecular complexity index is 677. The molecule has 126 valence electrons. The van der Waals surface area contributed by atoms with Crippen LogP contribution in [0.25, 0.3) is 0 Å². The van der Waals surface area contributed by atoms with E-state index in [0.717, 1.165) is 0 Å². The largest absolute Gasteiger partial charge is 0.376 e. The minimum absolute atomic E-state index is 0.143. The van der Waals surface area contributed by atoms with Crippen molar-refractivity contribution in [3.05, 3.63) is 71.3 Å². The molecule has 0 spiro atoms. The first-order valence-electron chi connectivity index (χ1n) is 7.88. The summed E-state index contributed by atoms with van der Waals surface area (Å²) in [6.45, 7) is 1.46. The van der Waals surface area contributed by atoms with Gasteiger partial charge in [-0.3, -0.25) is 4.79 Å². The van der Waals surface area contributed by atoms with Crippen LogP contribution in [0.3, 0.4) is 0 Å². The molecule has 1 heterocycles. The lowest BCUT2D eigenvalue weighted by molar-refractivity contribution is -0.0917. The number of benzene rings is 2. The van der Waals surface area contributed by atoms with E-state index < -0.39 is 11.7 Å². The van der Waals surface area contributed by atoms with Crippen molar-refractivity contribution in [3.8, 4) is 0 Å². The third-order valence-electron chi connectivity index (χ3n) is 4.10. The lowest BCUT2D eigenvalue weighted by atomic mass is 9.86. The van der Waals surface area contributed by atoms with Crippen molar-refractivity contribution in [2.75, 3.05) is 19.8 Å². The Morgan fingerprint density at radius 1 is 1.00 bits per heavy atom. The third-order valence-corrected chi connectivity index (χ3v) is 4.10. The highest BCUT2D eigenvalue weighted by Gasteiger charge is 2.27. The van der Waals surface area contributed by atoms with Crippen LogP contribution in [0.2, 0.25) is 0 Å². The van der Waals surface area contributed by atoms with Gasteiger partial charge in [-0.05, 0) is 48.4 Å². The molecule has 1 fully saturated rings. The Hall–Kier alpha value is -2.11. The number of hydrogen-bond donors (Lipinski definition) is 0. The molecule has 2 unspecified atom stereocenters. The van der Waals surface area contributed by atoms with Crippen LogP contribution in [0.4, 0.5) is 8.78 Å². The van der Waals surface area contributed by atoms with Crippen LogP contribution >= 0.6 is 0 Å². The highest BCUT2D eigenvalue weighted by molar-refractivity contribution is 6.01. The maximum absolute atomic E-state index is 13.2. The van der Waals surface area contributed by atoms with Gasteiger partial charge in [0.2, 0.25) is 0 Å². The third kappa shape index (κ3) is 4.04. The Morgan fingerprint density at radius 2 is 1.62 bits per heavy atom. The first-order valence-corrected chi connectivity index (χ1v) is 7.88. The first-order chi connectivity index (χ1) is 11.6. The van der Waals surface area contributed by atoms with Crippen molar-refractivity contribution in [1.82, 2.24) is 0 Å². The summed E-state index contributed by atoms with van der Waals surface area (Å²) in [6, 6.07) is 11.3. The van der Waals surface area contributed by atoms with Crippen molar-refractivity contribution in [3.63, 3.8) is 0 Å². The molecule has 0 aliphatic carbocycles. The fraction of sp³-hybridized carbons (Fsp3) is 0.316. The summed E-state index contributed by atoms with van der Waals surface area (Å²) >= 11 is 0. The molecule has 0 bridgehead atoms. The molecule has 0 radical (unpaired) electrons. The van der Waals surface area contributed by atoms with Crippen LogP contribution in [0.5, 0.6) is 0 Å². The number of ketones is 1. The summed E-state index contributed by atoms with van der Waals surface area (Å²) in [4.78, 5) is 12.9. The van der Waals surface area contributed by atoms with Gasteiger partial charge < -0.3 is 9.47 Å². The van der Waals surface area contributed by atoms with Crippen LogP contribution in [-0.4, -0.2) is 31.7 Å². The fourth-order valence-electron chi connectivity index (χ4n) is 2.84. The SMILES string of the molecule is O=C(c1ccc(F)cc1)C(CC1COCCO1)c1ccc(F)cc1. The zero-order valence-electron chi connectivity index (χ0n) is 13.1. The van der Waals surface area contributed by atoms with Crippen LogP contribution < -0.4 is 0 Å². The monoisotopic (exact) mass is 332 g/mol. The molecule has 0 aromatic heterocycles. The summed E-state index contributed by atoms with van der Waals surface area (Å²) in [5.74, 6) is -1.39. The number of Topliss-reactive ketones (excluding diaryl/α,β-unsaturated/α-hetero) is 1. The summed E-state index contributed by atoms with van der Waals surface area (Å²) in [6.07, 6.45) is 0.236. The van der Waals surface area contributed by atoms with Gasteiger partial charge in [0.05, 0.1) is 25.9 Å². The molecule has 0 saturated carbocycles. The van der Waals surface area contributed by atoms with E-state index in [1.807, 2.05) is 0 Å². The van der Waals surface area contributed by atoms with Crippen LogP contribution in [0.15, 0.2) is 48.5 Å². The van der Waals surface area contributed by atoms with Gasteiger partial charge in [-0.1, -0.05) is 12.1 Å². The summed E-state index contributed by atoms with van der Waals surface area (Å²) in [5, 5.41) is 0. The second-order valence-corrected chi connectivity index (χ2v) is 5.78. The van der Waals surface area contributed by atoms with Gasteiger partial charge in [0.25, 0.3) is 0 Å². The van der Waals surface area contributed by atoms with Crippen molar-refractivity contribution < 1.29 is 23.0 Å². The van der Waals surface area contributed by atoms with Crippen LogP contribution in [0.1, 0.15) is 28.3 Å². The minimum Gasteiger partial charge on any atom is -0.376 e. The van der Waals surface area contributed by atoms with Gasteiger partial charge in [-0.15, -0.1) is 0 Å². The van der Waals surface area contributed by atoms with Crippen molar-refractivity contribution >= 4 is 5.78 Å². The maximum atomic E-state index is 13.2. The quantitative estimate of drug-likeness (QED) is 0.783. The molecule has 5 heteroatoms. The zero-order valence-corrected chi connectivity index (χ0v) is 13.1. The van der Waals surface area contributed by atoms with Gasteiger partial charge >= 0.3 is 0 Å². The molecule has 2 atom stereocenters. The Labute approximate surface area is 139 Å². The van der Waals surface area contributed by atoms with E-state index in [1.54, 1.807) is 12.1 Å². The number of ether oxygens (including phenoxy) is 2. The molecular formula is C19H18F2O3. The summed E-state index contributed by atoms with van der Waals surface area (Å²) in [5.41, 5.74) is 1.13. The molecule has 24 heavy (non-hydrogen) atoms. The number of hydrogen-bond acceptors (Lipinski definition) is 3. The lowest BCUT2D eigenvalue weighted by Crippen LogP contribution is -2.31. The minimum atomic E-state index is -0.497. The smallest absolute Gasteiger partial charge is 0.170 e. The van der Waals surface area contributed by atoms with Gasteiger partial charge in [0.15, 0.2) is 5.78 Å². The molecule has 1 aliphatic heterocycles. The highest BCUT2D eigenvalue weighted by Crippen LogP contribution is 2.28. The molecule has 1 saturated heterocycles. The van der Waals surface area contributed by atoms with Crippen molar-refractivity contribution in [2.24, 2.45) is 0 Å². The number of carbonyl (C=O) groups excluding carboxylic acids is 1. The molecule has 3 nitrogen and oxygen atoms in total. The Morgan fingerprint density at radius 3 is 2.21 bits per heavy atom. The molecule has 3 rings (SSSR count). The number of rotatable bonds is 5. The normalized spacial score (nSPS) is 19.0. The molecule has 2 aromatic carbocycles. The van der Waals surface area contributed by atoms with E-state index in [2.05, 4.69) is 0 Å². The summed E-state index contributed by atoms with van der Waals surface area (Å²) < 4.78 is 37.3. The second kappa shape index (κ2) is 7.64. The molecule has 2 aromatic rings. The fourth-order valence-corrected chi connectivity index (χ4v) is 2.84. The van der Waals surface area contributed by atoms with Gasteiger partial charge in [-0.25, -0.2) is 8.78 Å². The molecular weight excluding hydrogens is 314 g/mol. The van der Waals surface area contributed by atoms with E-state index in [-0.39, 0.29) is 17.7 Å². The van der Waals surface area contributed by atoms with Gasteiger partial charge in [-0.2, -0.15) is 0 Å². The predicted octanol–water partition coefficient (Wildman–Crippen LogP) is 3.74. The molecule has 1 aliphatic rings. The van der Waals surface area contributed by atoms with Crippen LogP contribution in [-0.2, 0) is 9.47 Å². The Kier molecular flexibility index (Phi) is 5.33. The predicted molar refractivity (Wildman–Crippen MR) is 85.0 cm³/mol. The van der Waals surface area contributed by atoms with E-state index in [4.69, 9.17) is 9.47 Å². The van der Waals surface area contributed by atoms with Crippen LogP contribution in [0, 0.1) is 11.6 Å². The van der Waals surface area contributed by atoms with E-state index in [0.29, 0.717) is 37.4 Å². The first kappa shape index (κ1) is 16.7. The summed E-state index contributed by atoms with van der Waals surface area (Å²) in [7, 11) is 0. The highest BCUT2D eigenvalue weighted by atomic mass is 19.1. The number of halogens is 2. The van der Waals surface area contributed by atoms with Gasteiger partial charge in [0.1, 0.15) is 11.6 Å². The lowest BCUT2D eigenvalue weighted by Gasteiger charge is -2.27. The van der Waals surface area contributed by atoms with E-state index >= 15 is 0 Å². The van der Waals surface area contributed by atoms with Crippen molar-refractivity contribution in [2.45, 2.75) is 18.4 Å². The second-order valence-electron chi connectivity index (χ2n) is 5.78.